The van der Waals surface area contributed by atoms with Crippen LogP contribution in [0.4, 0.5) is 11.4 Å². The molecule has 2 aromatic rings. The van der Waals surface area contributed by atoms with E-state index in [-0.39, 0.29) is 12.4 Å². The molecule has 0 saturated carbocycles. The smallest absolute Gasteiger partial charge is 0.338 e. The molecule has 1 aliphatic heterocycles. The van der Waals surface area contributed by atoms with E-state index in [4.69, 9.17) is 21.4 Å². The Hall–Kier alpha value is -2.77. The molecular weight excluding hydrogens is 430 g/mol. The maximum Gasteiger partial charge on any atom is 0.338 e. The highest BCUT2D eigenvalue weighted by Gasteiger charge is 2.18. The molecule has 172 valence electrons. The van der Waals surface area contributed by atoms with Gasteiger partial charge in [-0.25, -0.2) is 4.79 Å². The number of ether oxygens (including phenoxy) is 1. The second-order valence-corrected chi connectivity index (χ2v) is 8.18. The molecule has 1 fully saturated rings. The van der Waals surface area contributed by atoms with Crippen LogP contribution in [0.3, 0.4) is 0 Å². The van der Waals surface area contributed by atoms with Crippen LogP contribution in [-0.2, 0) is 9.53 Å². The first-order valence-electron chi connectivity index (χ1n) is 11.0. The number of hydrogen-bond acceptors (Lipinski definition) is 6. The molecule has 0 bridgehead atoms. The van der Waals surface area contributed by atoms with E-state index in [1.807, 2.05) is 36.4 Å². The predicted molar refractivity (Wildman–Crippen MR) is 127 cm³/mol. The molecule has 1 saturated heterocycles. The van der Waals surface area contributed by atoms with Gasteiger partial charge in [-0.1, -0.05) is 29.8 Å². The number of benzene rings is 2. The van der Waals surface area contributed by atoms with Crippen LogP contribution in [0.5, 0.6) is 0 Å². The van der Waals surface area contributed by atoms with Crippen LogP contribution in [0.25, 0.3) is 0 Å². The number of aliphatic carboxylic acids is 1. The Morgan fingerprint density at radius 1 is 1.03 bits per heavy atom. The highest BCUT2D eigenvalue weighted by molar-refractivity contribution is 6.33. The second kappa shape index (κ2) is 12.3. The predicted octanol–water partition coefficient (Wildman–Crippen LogP) is 3.99. The number of carbonyl (C=O) groups excluding carboxylic acids is 1. The zero-order valence-corrected chi connectivity index (χ0v) is 18.9. The third-order valence-corrected chi connectivity index (χ3v) is 5.78. The third-order valence-electron chi connectivity index (χ3n) is 5.45. The minimum Gasteiger partial charge on any atom is -0.481 e. The molecule has 0 aromatic heterocycles. The lowest BCUT2D eigenvalue weighted by Gasteiger charge is -2.36. The second-order valence-electron chi connectivity index (χ2n) is 7.77. The number of esters is 1. The minimum atomic E-state index is -0.838. The maximum atomic E-state index is 11.9. The average molecular weight is 460 g/mol. The van der Waals surface area contributed by atoms with E-state index in [2.05, 4.69) is 15.1 Å². The summed E-state index contributed by atoms with van der Waals surface area (Å²) in [6, 6.07) is 14.9. The molecule has 2 N–H and O–H groups in total. The van der Waals surface area contributed by atoms with Crippen molar-refractivity contribution < 1.29 is 19.4 Å². The standard InChI is InChI=1S/C24H30ClN3O4/c25-21-9-8-20(18-22(21)26-11-10-23(29)30)28-15-13-27(14-16-28)12-4-5-17-32-24(31)19-6-2-1-3-7-19/h1-3,6-9,18,26H,4-5,10-17H2,(H,29,30). The number of carbonyl (C=O) groups is 2. The largest absolute Gasteiger partial charge is 0.481 e. The summed E-state index contributed by atoms with van der Waals surface area (Å²) in [4.78, 5) is 27.4. The van der Waals surface area contributed by atoms with Crippen LogP contribution < -0.4 is 10.2 Å². The Kier molecular flexibility index (Phi) is 9.19. The van der Waals surface area contributed by atoms with E-state index >= 15 is 0 Å². The molecule has 3 rings (SSSR count). The van der Waals surface area contributed by atoms with E-state index in [9.17, 15) is 9.59 Å². The molecular formula is C24H30ClN3O4. The third kappa shape index (κ3) is 7.43. The first-order valence-corrected chi connectivity index (χ1v) is 11.4. The van der Waals surface area contributed by atoms with Gasteiger partial charge < -0.3 is 20.1 Å². The number of rotatable bonds is 11. The SMILES string of the molecule is O=C(O)CCNc1cc(N2CCN(CCCCOC(=O)c3ccccc3)CC2)ccc1Cl. The summed E-state index contributed by atoms with van der Waals surface area (Å²) >= 11 is 6.24. The summed E-state index contributed by atoms with van der Waals surface area (Å²) in [5.74, 6) is -1.10. The van der Waals surface area contributed by atoms with E-state index in [1.165, 1.54) is 0 Å². The normalized spacial score (nSPS) is 14.2. The number of anilines is 2. The molecule has 32 heavy (non-hydrogen) atoms. The van der Waals surface area contributed by atoms with E-state index < -0.39 is 5.97 Å². The van der Waals surface area contributed by atoms with Gasteiger partial charge in [0.15, 0.2) is 0 Å². The van der Waals surface area contributed by atoms with Crippen molar-refractivity contribution in [3.8, 4) is 0 Å². The van der Waals surface area contributed by atoms with Crippen LogP contribution in [-0.4, -0.2) is 67.8 Å². The number of carboxylic acids is 1. The van der Waals surface area contributed by atoms with Gasteiger partial charge in [-0.3, -0.25) is 9.69 Å². The quantitative estimate of drug-likeness (QED) is 0.388. The molecule has 0 atom stereocenters. The number of carboxylic acid groups (broad SMARTS) is 1. The van der Waals surface area contributed by atoms with Gasteiger partial charge in [0.1, 0.15) is 0 Å². The molecule has 8 heteroatoms. The number of halogens is 1. The molecule has 1 aliphatic rings. The van der Waals surface area contributed by atoms with Crippen molar-refractivity contribution in [3.63, 3.8) is 0 Å². The molecule has 7 nitrogen and oxygen atoms in total. The molecule has 0 spiro atoms. The Morgan fingerprint density at radius 2 is 1.78 bits per heavy atom. The Labute approximate surface area is 193 Å². The van der Waals surface area contributed by atoms with Gasteiger partial charge in [-0.05, 0) is 49.7 Å². The fourth-order valence-electron chi connectivity index (χ4n) is 3.64. The van der Waals surface area contributed by atoms with Crippen molar-refractivity contribution in [3.05, 3.63) is 59.1 Å². The number of hydrogen-bond donors (Lipinski definition) is 2. The van der Waals surface area contributed by atoms with Gasteiger partial charge in [-0.15, -0.1) is 0 Å². The molecule has 0 aliphatic carbocycles. The fourth-order valence-corrected chi connectivity index (χ4v) is 3.82. The average Bonchev–Trinajstić information content (AvgIpc) is 2.81. The van der Waals surface area contributed by atoms with E-state index in [0.29, 0.717) is 23.7 Å². The summed E-state index contributed by atoms with van der Waals surface area (Å²) in [6.07, 6.45) is 1.88. The van der Waals surface area contributed by atoms with E-state index in [1.54, 1.807) is 12.1 Å². The van der Waals surface area contributed by atoms with Crippen LogP contribution >= 0.6 is 11.6 Å². The van der Waals surface area contributed by atoms with Gasteiger partial charge in [0.2, 0.25) is 0 Å². The van der Waals surface area contributed by atoms with Gasteiger partial charge in [0, 0.05) is 38.4 Å². The van der Waals surface area contributed by atoms with Crippen LogP contribution in [0.15, 0.2) is 48.5 Å². The zero-order chi connectivity index (χ0) is 22.8. The lowest BCUT2D eigenvalue weighted by Crippen LogP contribution is -2.46. The summed E-state index contributed by atoms with van der Waals surface area (Å²) in [5, 5.41) is 12.5. The van der Waals surface area contributed by atoms with Crippen molar-refractivity contribution in [1.29, 1.82) is 0 Å². The monoisotopic (exact) mass is 459 g/mol. The van der Waals surface area contributed by atoms with Gasteiger partial charge in [-0.2, -0.15) is 0 Å². The van der Waals surface area contributed by atoms with Gasteiger partial charge in [0.05, 0.1) is 29.3 Å². The lowest BCUT2D eigenvalue weighted by atomic mass is 10.2. The topological polar surface area (TPSA) is 82.1 Å². The lowest BCUT2D eigenvalue weighted by molar-refractivity contribution is -0.136. The molecule has 2 aromatic carbocycles. The van der Waals surface area contributed by atoms with Crippen molar-refractivity contribution >= 4 is 34.9 Å². The first-order chi connectivity index (χ1) is 15.5. The Morgan fingerprint density at radius 3 is 2.50 bits per heavy atom. The molecule has 0 unspecified atom stereocenters. The minimum absolute atomic E-state index is 0.0463. The molecule has 0 radical (unpaired) electrons. The van der Waals surface area contributed by atoms with Gasteiger partial charge >= 0.3 is 11.9 Å². The first kappa shape index (κ1) is 23.9. The number of nitrogens with zero attached hydrogens (tertiary/aromatic N) is 2. The molecule has 0 amide bonds. The summed E-state index contributed by atoms with van der Waals surface area (Å²) < 4.78 is 5.34. The summed E-state index contributed by atoms with van der Waals surface area (Å²) in [6.45, 7) is 5.53. The summed E-state index contributed by atoms with van der Waals surface area (Å²) in [7, 11) is 0. The Bertz CT molecular complexity index is 886. The van der Waals surface area contributed by atoms with Crippen molar-refractivity contribution in [2.24, 2.45) is 0 Å². The van der Waals surface area contributed by atoms with Crippen molar-refractivity contribution in [1.82, 2.24) is 4.90 Å². The van der Waals surface area contributed by atoms with E-state index in [0.717, 1.165) is 56.9 Å². The summed E-state index contributed by atoms with van der Waals surface area (Å²) in [5.41, 5.74) is 2.43. The van der Waals surface area contributed by atoms with Crippen LogP contribution in [0.1, 0.15) is 29.6 Å². The highest BCUT2D eigenvalue weighted by atomic mass is 35.5. The van der Waals surface area contributed by atoms with Crippen molar-refractivity contribution in [2.75, 3.05) is 56.1 Å². The number of unbranched alkanes of at least 4 members (excludes halogenated alkanes) is 1. The fraction of sp³-hybridized carbons (Fsp3) is 0.417. The number of piperazine rings is 1. The molecule has 1 heterocycles. The highest BCUT2D eigenvalue weighted by Crippen LogP contribution is 2.28. The maximum absolute atomic E-state index is 11.9. The number of nitrogens with one attached hydrogen (secondary N) is 1. The van der Waals surface area contributed by atoms with Gasteiger partial charge in [0.25, 0.3) is 0 Å². The van der Waals surface area contributed by atoms with Crippen LogP contribution in [0, 0.1) is 0 Å². The van der Waals surface area contributed by atoms with Crippen molar-refractivity contribution in [2.45, 2.75) is 19.3 Å². The zero-order valence-electron chi connectivity index (χ0n) is 18.1. The van der Waals surface area contributed by atoms with Crippen LogP contribution in [0.2, 0.25) is 5.02 Å². The Balaban J connectivity index is 1.35.